The Hall–Kier alpha value is -2.70. The van der Waals surface area contributed by atoms with Crippen molar-refractivity contribution in [1.29, 1.82) is 0 Å². The molecule has 1 heterocycles. The van der Waals surface area contributed by atoms with Crippen LogP contribution in [0.5, 0.6) is 0 Å². The topological polar surface area (TPSA) is 101 Å². The maximum atomic E-state index is 11.6. The second kappa shape index (κ2) is 7.18. The Bertz CT molecular complexity index is 593. The zero-order valence-corrected chi connectivity index (χ0v) is 11.4. The number of carbonyl (C=O) groups is 1. The molecule has 0 spiro atoms. The summed E-state index contributed by atoms with van der Waals surface area (Å²) >= 11 is 0. The van der Waals surface area contributed by atoms with Gasteiger partial charge in [0.2, 0.25) is 0 Å². The van der Waals surface area contributed by atoms with Crippen molar-refractivity contribution in [3.63, 3.8) is 0 Å². The molecule has 110 valence electrons. The minimum atomic E-state index is -0.408. The second-order valence-corrected chi connectivity index (χ2v) is 4.61. The van der Waals surface area contributed by atoms with Gasteiger partial charge in [-0.25, -0.2) is 0 Å². The van der Waals surface area contributed by atoms with Crippen molar-refractivity contribution in [3.8, 4) is 0 Å². The first-order valence-corrected chi connectivity index (χ1v) is 6.68. The molecule has 1 amide bonds. The van der Waals surface area contributed by atoms with Gasteiger partial charge in [-0.3, -0.25) is 20.0 Å². The van der Waals surface area contributed by atoms with Gasteiger partial charge in [-0.2, -0.15) is 5.10 Å². The van der Waals surface area contributed by atoms with Crippen molar-refractivity contribution in [2.75, 3.05) is 6.54 Å². The van der Waals surface area contributed by atoms with E-state index in [9.17, 15) is 14.9 Å². The fraction of sp³-hybridized carbons (Fsp3) is 0.286. The quantitative estimate of drug-likeness (QED) is 0.462. The molecule has 0 saturated heterocycles. The Kier molecular flexibility index (Phi) is 5.03. The third-order valence-corrected chi connectivity index (χ3v) is 3.07. The van der Waals surface area contributed by atoms with Crippen LogP contribution in [0.4, 0.5) is 5.69 Å². The van der Waals surface area contributed by atoms with Crippen LogP contribution in [0.1, 0.15) is 28.9 Å². The highest BCUT2D eigenvalue weighted by atomic mass is 16.6. The van der Waals surface area contributed by atoms with Crippen molar-refractivity contribution >= 4 is 11.6 Å². The minimum Gasteiger partial charge on any atom is -0.351 e. The number of nitro benzene ring substituents is 1. The Balaban J connectivity index is 1.65. The lowest BCUT2D eigenvalue weighted by atomic mass is 10.1. The largest absolute Gasteiger partial charge is 0.351 e. The van der Waals surface area contributed by atoms with Crippen LogP contribution in [0.25, 0.3) is 0 Å². The van der Waals surface area contributed by atoms with E-state index in [4.69, 9.17) is 0 Å². The van der Waals surface area contributed by atoms with Gasteiger partial charge in [-0.1, -0.05) is 12.1 Å². The molecule has 7 heteroatoms. The van der Waals surface area contributed by atoms with E-state index in [2.05, 4.69) is 15.5 Å². The number of non-ortho nitro benzene ring substituents is 1. The molecule has 1 aromatic carbocycles. The van der Waals surface area contributed by atoms with E-state index < -0.39 is 4.92 Å². The number of nitrogens with zero attached hydrogens (tertiary/aromatic N) is 2. The molecule has 0 bridgehead atoms. The Morgan fingerprint density at radius 2 is 2.00 bits per heavy atom. The number of nitrogens with one attached hydrogen (secondary N) is 2. The standard InChI is InChI=1S/C14H16N4O3/c19-14(13-8-10-16-17-13)15-9-2-1-3-11-4-6-12(7-5-11)18(20)21/h4-8,10H,1-3,9H2,(H,15,19)(H,16,17). The van der Waals surface area contributed by atoms with Gasteiger partial charge in [-0.15, -0.1) is 0 Å². The highest BCUT2D eigenvalue weighted by Crippen LogP contribution is 2.13. The van der Waals surface area contributed by atoms with Crippen LogP contribution in [0.2, 0.25) is 0 Å². The Morgan fingerprint density at radius 3 is 2.62 bits per heavy atom. The Labute approximate surface area is 121 Å². The number of aryl methyl sites for hydroxylation is 1. The molecule has 0 aliphatic heterocycles. The van der Waals surface area contributed by atoms with Gasteiger partial charge in [0.25, 0.3) is 11.6 Å². The zero-order valence-electron chi connectivity index (χ0n) is 11.4. The van der Waals surface area contributed by atoms with Crippen molar-refractivity contribution in [2.24, 2.45) is 0 Å². The number of aromatic amines is 1. The lowest BCUT2D eigenvalue weighted by Gasteiger charge is -2.04. The summed E-state index contributed by atoms with van der Waals surface area (Å²) in [6, 6.07) is 8.17. The van der Waals surface area contributed by atoms with Crippen LogP contribution in [0.3, 0.4) is 0 Å². The first-order valence-electron chi connectivity index (χ1n) is 6.68. The number of H-pyrrole nitrogens is 1. The normalized spacial score (nSPS) is 10.3. The molecule has 0 atom stereocenters. The number of hydrogen-bond acceptors (Lipinski definition) is 4. The van der Waals surface area contributed by atoms with Crippen molar-refractivity contribution in [3.05, 3.63) is 57.9 Å². The highest BCUT2D eigenvalue weighted by molar-refractivity contribution is 5.91. The maximum absolute atomic E-state index is 11.6. The van der Waals surface area contributed by atoms with Crippen LogP contribution < -0.4 is 5.32 Å². The highest BCUT2D eigenvalue weighted by Gasteiger charge is 2.05. The monoisotopic (exact) mass is 288 g/mol. The van der Waals surface area contributed by atoms with Gasteiger partial charge >= 0.3 is 0 Å². The second-order valence-electron chi connectivity index (χ2n) is 4.61. The third kappa shape index (κ3) is 4.41. The summed E-state index contributed by atoms with van der Waals surface area (Å²) in [5, 5.41) is 19.6. The van der Waals surface area contributed by atoms with Crippen molar-refractivity contribution in [1.82, 2.24) is 15.5 Å². The first kappa shape index (κ1) is 14.7. The van der Waals surface area contributed by atoms with Crippen LogP contribution in [-0.2, 0) is 6.42 Å². The number of rotatable bonds is 7. The zero-order chi connectivity index (χ0) is 15.1. The summed E-state index contributed by atoms with van der Waals surface area (Å²) in [5.41, 5.74) is 1.61. The molecule has 7 nitrogen and oxygen atoms in total. The van der Waals surface area contributed by atoms with E-state index in [0.717, 1.165) is 24.8 Å². The van der Waals surface area contributed by atoms with Gasteiger partial charge in [0.15, 0.2) is 0 Å². The van der Waals surface area contributed by atoms with Crippen LogP contribution in [0.15, 0.2) is 36.5 Å². The molecule has 0 fully saturated rings. The van der Waals surface area contributed by atoms with Gasteiger partial charge in [-0.05, 0) is 30.9 Å². The maximum Gasteiger partial charge on any atom is 0.269 e. The lowest BCUT2D eigenvalue weighted by Crippen LogP contribution is -2.24. The SMILES string of the molecule is O=C(NCCCCc1ccc([N+](=O)[O-])cc1)c1ccn[nH]1. The number of unbranched alkanes of at least 4 members (excludes halogenated alkanes) is 1. The van der Waals surface area contributed by atoms with Crippen LogP contribution in [0, 0.1) is 10.1 Å². The molecule has 0 aliphatic carbocycles. The molecular weight excluding hydrogens is 272 g/mol. The number of aromatic nitrogens is 2. The average Bonchev–Trinajstić information content (AvgIpc) is 3.01. The smallest absolute Gasteiger partial charge is 0.269 e. The first-order chi connectivity index (χ1) is 10.2. The number of amides is 1. The van der Waals surface area contributed by atoms with E-state index >= 15 is 0 Å². The van der Waals surface area contributed by atoms with Crippen LogP contribution >= 0.6 is 0 Å². The molecule has 2 N–H and O–H groups in total. The summed E-state index contributed by atoms with van der Waals surface area (Å²) in [6.45, 7) is 0.588. The molecule has 2 aromatic rings. The molecular formula is C14H16N4O3. The van der Waals surface area contributed by atoms with Gasteiger partial charge in [0.1, 0.15) is 5.69 Å². The van der Waals surface area contributed by atoms with Gasteiger partial charge in [0.05, 0.1) is 4.92 Å². The lowest BCUT2D eigenvalue weighted by molar-refractivity contribution is -0.384. The van der Waals surface area contributed by atoms with E-state index in [1.165, 1.54) is 18.3 Å². The van der Waals surface area contributed by atoms with Gasteiger partial charge in [0, 0.05) is 24.9 Å². The molecule has 21 heavy (non-hydrogen) atoms. The molecule has 0 unspecified atom stereocenters. The number of nitro groups is 1. The minimum absolute atomic E-state index is 0.102. The molecule has 0 radical (unpaired) electrons. The van der Waals surface area contributed by atoms with Crippen molar-refractivity contribution in [2.45, 2.75) is 19.3 Å². The summed E-state index contributed by atoms with van der Waals surface area (Å²) in [4.78, 5) is 21.7. The predicted molar refractivity (Wildman–Crippen MR) is 77.0 cm³/mol. The summed E-state index contributed by atoms with van der Waals surface area (Å²) in [5.74, 6) is -0.164. The predicted octanol–water partition coefficient (Wildman–Crippen LogP) is 2.07. The van der Waals surface area contributed by atoms with Crippen molar-refractivity contribution < 1.29 is 9.72 Å². The number of carbonyl (C=O) groups excluding carboxylic acids is 1. The summed E-state index contributed by atoms with van der Waals surface area (Å²) < 4.78 is 0. The molecule has 1 aromatic heterocycles. The third-order valence-electron chi connectivity index (χ3n) is 3.07. The van der Waals surface area contributed by atoms with E-state index in [0.29, 0.717) is 12.2 Å². The van der Waals surface area contributed by atoms with E-state index in [-0.39, 0.29) is 11.6 Å². The van der Waals surface area contributed by atoms with E-state index in [1.54, 1.807) is 18.2 Å². The molecule has 0 aliphatic rings. The average molecular weight is 288 g/mol. The van der Waals surface area contributed by atoms with E-state index in [1.807, 2.05) is 0 Å². The fourth-order valence-corrected chi connectivity index (χ4v) is 1.92. The van der Waals surface area contributed by atoms with Crippen LogP contribution in [-0.4, -0.2) is 27.6 Å². The Morgan fingerprint density at radius 1 is 1.24 bits per heavy atom. The number of hydrogen-bond donors (Lipinski definition) is 2. The van der Waals surface area contributed by atoms with Gasteiger partial charge < -0.3 is 5.32 Å². The summed E-state index contributed by atoms with van der Waals surface area (Å²) in [6.07, 6.45) is 4.11. The molecule has 0 saturated carbocycles. The fourth-order valence-electron chi connectivity index (χ4n) is 1.92. The summed E-state index contributed by atoms with van der Waals surface area (Å²) in [7, 11) is 0. The molecule has 2 rings (SSSR count). The number of benzene rings is 1.